The van der Waals surface area contributed by atoms with Crippen LogP contribution in [0.5, 0.6) is 0 Å². The fraction of sp³-hybridized carbons (Fsp3) is 0.500. The molecule has 1 aliphatic heterocycles. The molecule has 0 bridgehead atoms. The average Bonchev–Trinajstić information content (AvgIpc) is 2.39. The smallest absolute Gasteiger partial charge is 0.240 e. The summed E-state index contributed by atoms with van der Waals surface area (Å²) in [6.45, 7) is 1.55. The molecular weight excluding hydrogens is 262 g/mol. The van der Waals surface area contributed by atoms with E-state index in [2.05, 4.69) is 10.2 Å². The fourth-order valence-corrected chi connectivity index (χ4v) is 3.01. The molecule has 1 atom stereocenters. The van der Waals surface area contributed by atoms with Crippen molar-refractivity contribution in [3.8, 4) is 0 Å². The van der Waals surface area contributed by atoms with Gasteiger partial charge in [-0.1, -0.05) is 23.7 Å². The minimum absolute atomic E-state index is 0.246. The zero-order valence-electron chi connectivity index (χ0n) is 11.2. The molecule has 1 aromatic rings. The predicted molar refractivity (Wildman–Crippen MR) is 78.4 cm³/mol. The second-order valence-electron chi connectivity index (χ2n) is 4.89. The van der Waals surface area contributed by atoms with Gasteiger partial charge < -0.3 is 16.0 Å². The lowest BCUT2D eigenvalue weighted by atomic mass is 9.99. The van der Waals surface area contributed by atoms with Crippen LogP contribution in [0.1, 0.15) is 24.8 Å². The molecule has 5 heteroatoms. The minimum atomic E-state index is -0.268. The Balaban J connectivity index is 2.40. The van der Waals surface area contributed by atoms with E-state index in [1.54, 1.807) is 0 Å². The van der Waals surface area contributed by atoms with Gasteiger partial charge >= 0.3 is 0 Å². The van der Waals surface area contributed by atoms with Crippen molar-refractivity contribution < 1.29 is 4.79 Å². The van der Waals surface area contributed by atoms with Gasteiger partial charge in [0.1, 0.15) is 6.04 Å². The minimum Gasteiger partial charge on any atom is -0.368 e. The summed E-state index contributed by atoms with van der Waals surface area (Å²) in [7, 11) is 1.90. The number of benzene rings is 1. The van der Waals surface area contributed by atoms with Crippen LogP contribution >= 0.6 is 11.6 Å². The fourth-order valence-electron chi connectivity index (χ4n) is 2.71. The molecule has 1 aromatic carbocycles. The van der Waals surface area contributed by atoms with Crippen molar-refractivity contribution in [2.45, 2.75) is 31.8 Å². The van der Waals surface area contributed by atoms with Crippen molar-refractivity contribution in [2.24, 2.45) is 5.73 Å². The summed E-state index contributed by atoms with van der Waals surface area (Å²) < 4.78 is 0. The summed E-state index contributed by atoms with van der Waals surface area (Å²) in [6.07, 6.45) is 2.91. The Labute approximate surface area is 118 Å². The maximum absolute atomic E-state index is 11.6. The SMILES string of the molecule is CNCc1cccc(Cl)c1N1CCCCC1C(N)=O. The maximum atomic E-state index is 11.6. The van der Waals surface area contributed by atoms with Gasteiger partial charge in [-0.3, -0.25) is 4.79 Å². The third-order valence-electron chi connectivity index (χ3n) is 3.56. The first-order chi connectivity index (χ1) is 9.15. The van der Waals surface area contributed by atoms with E-state index in [4.69, 9.17) is 17.3 Å². The number of nitrogens with two attached hydrogens (primary N) is 1. The number of carbonyl (C=O) groups is 1. The zero-order chi connectivity index (χ0) is 13.8. The summed E-state index contributed by atoms with van der Waals surface area (Å²) >= 11 is 6.35. The number of amides is 1. The summed E-state index contributed by atoms with van der Waals surface area (Å²) in [5.41, 5.74) is 7.58. The van der Waals surface area contributed by atoms with Crippen LogP contribution in [0.2, 0.25) is 5.02 Å². The molecule has 3 N–H and O–H groups in total. The monoisotopic (exact) mass is 281 g/mol. The molecule has 0 aliphatic carbocycles. The first-order valence-electron chi connectivity index (χ1n) is 6.63. The molecular formula is C14H20ClN3O. The molecule has 1 unspecified atom stereocenters. The van der Waals surface area contributed by atoms with E-state index in [0.717, 1.165) is 43.6 Å². The van der Waals surface area contributed by atoms with Crippen LogP contribution in [0.3, 0.4) is 0 Å². The lowest BCUT2D eigenvalue weighted by Crippen LogP contribution is -2.48. The average molecular weight is 282 g/mol. The molecule has 0 radical (unpaired) electrons. The number of hydrogen-bond acceptors (Lipinski definition) is 3. The summed E-state index contributed by atoms with van der Waals surface area (Å²) in [5.74, 6) is -0.268. The van der Waals surface area contributed by atoms with Gasteiger partial charge in [0.2, 0.25) is 5.91 Å². The Hall–Kier alpha value is -1.26. The molecule has 104 valence electrons. The number of rotatable bonds is 4. The predicted octanol–water partition coefficient (Wildman–Crippen LogP) is 1.90. The van der Waals surface area contributed by atoms with Gasteiger partial charge in [0.15, 0.2) is 0 Å². The highest BCUT2D eigenvalue weighted by atomic mass is 35.5. The topological polar surface area (TPSA) is 58.4 Å². The summed E-state index contributed by atoms with van der Waals surface area (Å²) in [5, 5.41) is 3.81. The molecule has 0 spiro atoms. The maximum Gasteiger partial charge on any atom is 0.240 e. The zero-order valence-corrected chi connectivity index (χ0v) is 11.9. The first kappa shape index (κ1) is 14.2. The molecule has 1 heterocycles. The number of anilines is 1. The van der Waals surface area contributed by atoms with Gasteiger partial charge in [0.25, 0.3) is 0 Å². The molecule has 19 heavy (non-hydrogen) atoms. The number of hydrogen-bond donors (Lipinski definition) is 2. The molecule has 1 fully saturated rings. The Morgan fingerprint density at radius 2 is 2.32 bits per heavy atom. The molecule has 0 aromatic heterocycles. The van der Waals surface area contributed by atoms with Gasteiger partial charge in [-0.15, -0.1) is 0 Å². The van der Waals surface area contributed by atoms with Crippen molar-refractivity contribution >= 4 is 23.2 Å². The molecule has 1 saturated heterocycles. The Bertz CT molecular complexity index is 464. The number of para-hydroxylation sites is 1. The normalized spacial score (nSPS) is 19.5. The van der Waals surface area contributed by atoms with Crippen LogP contribution < -0.4 is 16.0 Å². The van der Waals surface area contributed by atoms with Crippen LogP contribution in [0.25, 0.3) is 0 Å². The van der Waals surface area contributed by atoms with Crippen LogP contribution in [-0.4, -0.2) is 25.5 Å². The van der Waals surface area contributed by atoms with Gasteiger partial charge in [0.05, 0.1) is 10.7 Å². The van der Waals surface area contributed by atoms with Crippen molar-refractivity contribution in [1.82, 2.24) is 5.32 Å². The molecule has 2 rings (SSSR count). The van der Waals surface area contributed by atoms with Gasteiger partial charge in [-0.25, -0.2) is 0 Å². The Morgan fingerprint density at radius 3 is 3.00 bits per heavy atom. The van der Waals surface area contributed by atoms with Crippen LogP contribution in [0.4, 0.5) is 5.69 Å². The second-order valence-corrected chi connectivity index (χ2v) is 5.29. The standard InChI is InChI=1S/C14H20ClN3O/c1-17-9-10-5-4-6-11(15)13(10)18-8-3-2-7-12(18)14(16)19/h4-6,12,17H,2-3,7-9H2,1H3,(H2,16,19). The van der Waals surface area contributed by atoms with E-state index in [1.165, 1.54) is 0 Å². The second kappa shape index (κ2) is 6.26. The van der Waals surface area contributed by atoms with Gasteiger partial charge in [-0.2, -0.15) is 0 Å². The lowest BCUT2D eigenvalue weighted by Gasteiger charge is -2.37. The summed E-state index contributed by atoms with van der Waals surface area (Å²) in [6, 6.07) is 5.58. The number of primary amides is 1. The van der Waals surface area contributed by atoms with E-state index >= 15 is 0 Å². The quantitative estimate of drug-likeness (QED) is 0.886. The summed E-state index contributed by atoms with van der Waals surface area (Å²) in [4.78, 5) is 13.7. The van der Waals surface area contributed by atoms with Crippen molar-refractivity contribution in [1.29, 1.82) is 0 Å². The number of carbonyl (C=O) groups excluding carboxylic acids is 1. The van der Waals surface area contributed by atoms with Gasteiger partial charge in [0, 0.05) is 13.1 Å². The van der Waals surface area contributed by atoms with E-state index in [1.807, 2.05) is 25.2 Å². The van der Waals surface area contributed by atoms with Crippen molar-refractivity contribution in [2.75, 3.05) is 18.5 Å². The molecule has 1 amide bonds. The van der Waals surface area contributed by atoms with Gasteiger partial charge in [-0.05, 0) is 37.9 Å². The van der Waals surface area contributed by atoms with Crippen molar-refractivity contribution in [3.63, 3.8) is 0 Å². The van der Waals surface area contributed by atoms with E-state index in [9.17, 15) is 4.79 Å². The van der Waals surface area contributed by atoms with Crippen LogP contribution in [0, 0.1) is 0 Å². The van der Waals surface area contributed by atoms with Crippen molar-refractivity contribution in [3.05, 3.63) is 28.8 Å². The van der Waals surface area contributed by atoms with Crippen LogP contribution in [-0.2, 0) is 11.3 Å². The van der Waals surface area contributed by atoms with Crippen LogP contribution in [0.15, 0.2) is 18.2 Å². The molecule has 1 aliphatic rings. The number of halogens is 1. The Kier molecular flexibility index (Phi) is 4.66. The third-order valence-corrected chi connectivity index (χ3v) is 3.86. The largest absolute Gasteiger partial charge is 0.368 e. The highest BCUT2D eigenvalue weighted by molar-refractivity contribution is 6.33. The molecule has 4 nitrogen and oxygen atoms in total. The first-order valence-corrected chi connectivity index (χ1v) is 7.01. The van der Waals surface area contributed by atoms with E-state index in [-0.39, 0.29) is 11.9 Å². The number of nitrogens with zero attached hydrogens (tertiary/aromatic N) is 1. The highest BCUT2D eigenvalue weighted by Crippen LogP contribution is 2.34. The van der Waals surface area contributed by atoms with E-state index < -0.39 is 0 Å². The van der Waals surface area contributed by atoms with E-state index in [0.29, 0.717) is 5.02 Å². The highest BCUT2D eigenvalue weighted by Gasteiger charge is 2.29. The number of piperidine rings is 1. The molecule has 0 saturated carbocycles. The Morgan fingerprint density at radius 1 is 1.53 bits per heavy atom. The number of nitrogens with one attached hydrogen (secondary N) is 1. The third kappa shape index (κ3) is 3.01. The lowest BCUT2D eigenvalue weighted by molar-refractivity contribution is -0.119.